The fraction of sp³-hybridized carbons (Fsp3) is 0.429. The molecule has 96 valence electrons. The third-order valence-corrected chi connectivity index (χ3v) is 2.68. The molecular formula is C14H19N3O. The number of anilines is 1. The van der Waals surface area contributed by atoms with Crippen LogP contribution in [-0.2, 0) is 4.79 Å². The summed E-state index contributed by atoms with van der Waals surface area (Å²) in [5.41, 5.74) is 1.07. The molecule has 0 saturated carbocycles. The van der Waals surface area contributed by atoms with Crippen molar-refractivity contribution in [1.82, 2.24) is 4.90 Å². The summed E-state index contributed by atoms with van der Waals surface area (Å²) in [6.45, 7) is 6.24. The normalized spacial score (nSPS) is 10.1. The van der Waals surface area contributed by atoms with Crippen molar-refractivity contribution in [2.45, 2.75) is 20.3 Å². The maximum Gasteiger partial charge on any atom is 0.238 e. The van der Waals surface area contributed by atoms with E-state index in [-0.39, 0.29) is 5.91 Å². The monoisotopic (exact) mass is 245 g/mol. The Hall–Kier alpha value is -1.86. The van der Waals surface area contributed by atoms with Crippen LogP contribution >= 0.6 is 0 Å². The maximum atomic E-state index is 11.9. The Morgan fingerprint density at radius 1 is 1.39 bits per heavy atom. The zero-order valence-corrected chi connectivity index (χ0v) is 10.9. The number of carbonyl (C=O) groups is 1. The van der Waals surface area contributed by atoms with Gasteiger partial charge in [0.25, 0.3) is 0 Å². The van der Waals surface area contributed by atoms with Gasteiger partial charge in [-0.05, 0) is 31.6 Å². The van der Waals surface area contributed by atoms with E-state index in [2.05, 4.69) is 23.2 Å². The maximum absolute atomic E-state index is 11.9. The Kier molecular flexibility index (Phi) is 5.89. The van der Waals surface area contributed by atoms with E-state index < -0.39 is 0 Å². The molecule has 0 bridgehead atoms. The van der Waals surface area contributed by atoms with Crippen LogP contribution in [0.5, 0.6) is 0 Å². The number of amides is 1. The molecule has 0 aliphatic carbocycles. The molecule has 4 heteroatoms. The quantitative estimate of drug-likeness (QED) is 0.836. The summed E-state index contributed by atoms with van der Waals surface area (Å²) in [4.78, 5) is 13.9. The zero-order valence-electron chi connectivity index (χ0n) is 10.9. The van der Waals surface area contributed by atoms with E-state index in [1.54, 1.807) is 24.3 Å². The molecule has 1 rings (SSSR count). The second-order valence-electron chi connectivity index (χ2n) is 4.07. The molecule has 4 nitrogen and oxygen atoms in total. The van der Waals surface area contributed by atoms with Gasteiger partial charge in [-0.15, -0.1) is 0 Å². The first-order valence-corrected chi connectivity index (χ1v) is 6.22. The number of para-hydroxylation sites is 1. The van der Waals surface area contributed by atoms with Crippen molar-refractivity contribution in [1.29, 1.82) is 5.26 Å². The summed E-state index contributed by atoms with van der Waals surface area (Å²) < 4.78 is 0. The number of benzene rings is 1. The molecule has 0 aliphatic heterocycles. The highest BCUT2D eigenvalue weighted by Crippen LogP contribution is 2.13. The summed E-state index contributed by atoms with van der Waals surface area (Å²) in [5.74, 6) is -0.0759. The molecule has 0 aliphatic rings. The van der Waals surface area contributed by atoms with Gasteiger partial charge in [0.2, 0.25) is 5.91 Å². The van der Waals surface area contributed by atoms with Crippen molar-refractivity contribution in [2.75, 3.05) is 25.0 Å². The minimum absolute atomic E-state index is 0.0759. The van der Waals surface area contributed by atoms with Gasteiger partial charge in [0.15, 0.2) is 0 Å². The van der Waals surface area contributed by atoms with E-state index in [9.17, 15) is 4.79 Å². The fourth-order valence-corrected chi connectivity index (χ4v) is 1.75. The largest absolute Gasteiger partial charge is 0.324 e. The zero-order chi connectivity index (χ0) is 13.4. The number of nitrogens with one attached hydrogen (secondary N) is 1. The Morgan fingerprint density at radius 2 is 2.11 bits per heavy atom. The molecule has 0 fully saturated rings. The molecule has 0 heterocycles. The van der Waals surface area contributed by atoms with Gasteiger partial charge in [0.1, 0.15) is 6.07 Å². The minimum atomic E-state index is -0.0759. The van der Waals surface area contributed by atoms with Crippen molar-refractivity contribution >= 4 is 11.6 Å². The van der Waals surface area contributed by atoms with Crippen molar-refractivity contribution in [3.63, 3.8) is 0 Å². The van der Waals surface area contributed by atoms with Crippen LogP contribution in [0, 0.1) is 11.3 Å². The van der Waals surface area contributed by atoms with E-state index in [4.69, 9.17) is 5.26 Å². The second kappa shape index (κ2) is 7.46. The Bertz CT molecular complexity index is 437. The molecule has 0 spiro atoms. The lowest BCUT2D eigenvalue weighted by atomic mass is 10.2. The van der Waals surface area contributed by atoms with Crippen LogP contribution in [-0.4, -0.2) is 30.4 Å². The van der Waals surface area contributed by atoms with Gasteiger partial charge < -0.3 is 5.32 Å². The number of nitriles is 1. The van der Waals surface area contributed by atoms with E-state index in [0.717, 1.165) is 19.5 Å². The number of nitrogens with zero attached hydrogens (tertiary/aromatic N) is 2. The average molecular weight is 245 g/mol. The van der Waals surface area contributed by atoms with E-state index >= 15 is 0 Å². The number of carbonyl (C=O) groups excluding carboxylic acids is 1. The Balaban J connectivity index is 2.62. The molecule has 0 saturated heterocycles. The SMILES string of the molecule is CCCN(CC)CC(=O)Nc1ccccc1C#N. The summed E-state index contributed by atoms with van der Waals surface area (Å²) in [7, 11) is 0. The van der Waals surface area contributed by atoms with Gasteiger partial charge in [-0.3, -0.25) is 9.69 Å². The van der Waals surface area contributed by atoms with Crippen LogP contribution in [0.15, 0.2) is 24.3 Å². The molecule has 1 aromatic carbocycles. The third-order valence-electron chi connectivity index (χ3n) is 2.68. The molecule has 0 aromatic heterocycles. The molecular weight excluding hydrogens is 226 g/mol. The highest BCUT2D eigenvalue weighted by molar-refractivity contribution is 5.93. The predicted molar refractivity (Wildman–Crippen MR) is 72.2 cm³/mol. The van der Waals surface area contributed by atoms with E-state index in [1.165, 1.54) is 0 Å². The number of hydrogen-bond donors (Lipinski definition) is 1. The van der Waals surface area contributed by atoms with Gasteiger partial charge in [-0.25, -0.2) is 0 Å². The van der Waals surface area contributed by atoms with Crippen LogP contribution in [0.25, 0.3) is 0 Å². The lowest BCUT2D eigenvalue weighted by molar-refractivity contribution is -0.117. The molecule has 18 heavy (non-hydrogen) atoms. The number of likely N-dealkylation sites (N-methyl/N-ethyl adjacent to an activating group) is 1. The molecule has 1 N–H and O–H groups in total. The van der Waals surface area contributed by atoms with Gasteiger partial charge in [-0.1, -0.05) is 26.0 Å². The standard InChI is InChI=1S/C14H19N3O/c1-3-9-17(4-2)11-14(18)16-13-8-6-5-7-12(13)10-15/h5-8H,3-4,9,11H2,1-2H3,(H,16,18). The molecule has 0 atom stereocenters. The first-order valence-electron chi connectivity index (χ1n) is 6.22. The minimum Gasteiger partial charge on any atom is -0.324 e. The molecule has 1 amide bonds. The van der Waals surface area contributed by atoms with Crippen LogP contribution in [0.1, 0.15) is 25.8 Å². The third kappa shape index (κ3) is 4.19. The topological polar surface area (TPSA) is 56.1 Å². The van der Waals surface area contributed by atoms with E-state index in [1.807, 2.05) is 6.92 Å². The summed E-state index contributed by atoms with van der Waals surface area (Å²) >= 11 is 0. The van der Waals surface area contributed by atoms with Crippen LogP contribution in [0.4, 0.5) is 5.69 Å². The first-order chi connectivity index (χ1) is 8.71. The van der Waals surface area contributed by atoms with Crippen molar-refractivity contribution in [2.24, 2.45) is 0 Å². The summed E-state index contributed by atoms with van der Waals surface area (Å²) in [6, 6.07) is 9.09. The van der Waals surface area contributed by atoms with Crippen molar-refractivity contribution < 1.29 is 4.79 Å². The van der Waals surface area contributed by atoms with Gasteiger partial charge in [0, 0.05) is 0 Å². The second-order valence-corrected chi connectivity index (χ2v) is 4.07. The number of rotatable bonds is 6. The smallest absolute Gasteiger partial charge is 0.238 e. The van der Waals surface area contributed by atoms with Crippen molar-refractivity contribution in [3.8, 4) is 6.07 Å². The van der Waals surface area contributed by atoms with Crippen LogP contribution in [0.3, 0.4) is 0 Å². The molecule has 0 unspecified atom stereocenters. The van der Waals surface area contributed by atoms with Gasteiger partial charge in [0.05, 0.1) is 17.8 Å². The highest BCUT2D eigenvalue weighted by atomic mass is 16.2. The highest BCUT2D eigenvalue weighted by Gasteiger charge is 2.10. The Labute approximate surface area is 108 Å². The predicted octanol–water partition coefficient (Wildman–Crippen LogP) is 2.23. The molecule has 0 radical (unpaired) electrons. The van der Waals surface area contributed by atoms with Gasteiger partial charge in [-0.2, -0.15) is 5.26 Å². The molecule has 1 aromatic rings. The van der Waals surface area contributed by atoms with Crippen molar-refractivity contribution in [3.05, 3.63) is 29.8 Å². The lowest BCUT2D eigenvalue weighted by Crippen LogP contribution is -2.33. The van der Waals surface area contributed by atoms with Crippen LogP contribution in [0.2, 0.25) is 0 Å². The van der Waals surface area contributed by atoms with Crippen LogP contribution < -0.4 is 5.32 Å². The fourth-order valence-electron chi connectivity index (χ4n) is 1.75. The van der Waals surface area contributed by atoms with E-state index in [0.29, 0.717) is 17.8 Å². The Morgan fingerprint density at radius 3 is 2.72 bits per heavy atom. The summed E-state index contributed by atoms with van der Waals surface area (Å²) in [5, 5.41) is 11.7. The van der Waals surface area contributed by atoms with Gasteiger partial charge >= 0.3 is 0 Å². The summed E-state index contributed by atoms with van der Waals surface area (Å²) in [6.07, 6.45) is 1.02. The first kappa shape index (κ1) is 14.2. The lowest BCUT2D eigenvalue weighted by Gasteiger charge is -2.18. The number of hydrogen-bond acceptors (Lipinski definition) is 3. The average Bonchev–Trinajstić information content (AvgIpc) is 2.38.